The molecule has 3 heterocycles. The Kier molecular flexibility index (Phi) is 5.82. The van der Waals surface area contributed by atoms with Gasteiger partial charge in [0.25, 0.3) is 0 Å². The molecule has 0 radical (unpaired) electrons. The van der Waals surface area contributed by atoms with Crippen LogP contribution in [0.5, 0.6) is 17.5 Å². The summed E-state index contributed by atoms with van der Waals surface area (Å²) in [6.07, 6.45) is 8.96. The highest BCUT2D eigenvalue weighted by atomic mass is 35.5. The molecular formula is C24H26ClN3O6S2. The highest BCUT2D eigenvalue weighted by Crippen LogP contribution is 2.42. The van der Waals surface area contributed by atoms with Gasteiger partial charge in [0, 0.05) is 24.9 Å². The maximum atomic E-state index is 12.8. The molecule has 12 heteroatoms. The number of halogens is 1. The van der Waals surface area contributed by atoms with Gasteiger partial charge in [-0.05, 0) is 50.8 Å². The Morgan fingerprint density at radius 2 is 1.58 bits per heavy atom. The number of fused-ring (bicyclic) bond motifs is 2. The molecule has 1 aromatic carbocycles. The van der Waals surface area contributed by atoms with Crippen molar-refractivity contribution in [2.24, 2.45) is 0 Å². The van der Waals surface area contributed by atoms with Crippen molar-refractivity contribution < 1.29 is 26.3 Å². The van der Waals surface area contributed by atoms with E-state index in [1.807, 2.05) is 12.2 Å². The van der Waals surface area contributed by atoms with Gasteiger partial charge in [0.1, 0.15) is 18.2 Å². The van der Waals surface area contributed by atoms with E-state index >= 15 is 0 Å². The van der Waals surface area contributed by atoms with Crippen LogP contribution in [0.1, 0.15) is 44.1 Å². The molecule has 0 N–H and O–H groups in total. The lowest BCUT2D eigenvalue weighted by molar-refractivity contribution is 0.0979. The first-order chi connectivity index (χ1) is 17.1. The molecule has 0 spiro atoms. The summed E-state index contributed by atoms with van der Waals surface area (Å²) in [6, 6.07) is 4.02. The van der Waals surface area contributed by atoms with Crippen LogP contribution < -0.4 is 9.47 Å². The second-order valence-corrected chi connectivity index (χ2v) is 14.6. The molecule has 1 aromatic heterocycles. The fraction of sp³-hybridized carbons (Fsp3) is 0.500. The van der Waals surface area contributed by atoms with Gasteiger partial charge in [-0.15, -0.1) is 0 Å². The lowest BCUT2D eigenvalue weighted by atomic mass is 10.0. The van der Waals surface area contributed by atoms with E-state index in [0.717, 1.165) is 12.8 Å². The number of piperidine rings is 1. The van der Waals surface area contributed by atoms with Crippen LogP contribution in [0.2, 0.25) is 5.02 Å². The average molecular weight is 552 g/mol. The number of nitrogens with zero attached hydrogens (tertiary/aromatic N) is 3. The molecule has 6 rings (SSSR count). The van der Waals surface area contributed by atoms with Crippen LogP contribution in [0.15, 0.2) is 41.6 Å². The first-order valence-corrected chi connectivity index (χ1v) is 15.5. The molecule has 2 aliphatic heterocycles. The monoisotopic (exact) mass is 551 g/mol. The van der Waals surface area contributed by atoms with Gasteiger partial charge in [0.15, 0.2) is 9.84 Å². The Morgan fingerprint density at radius 1 is 0.944 bits per heavy atom. The van der Waals surface area contributed by atoms with Crippen LogP contribution in [0, 0.1) is 6.92 Å². The van der Waals surface area contributed by atoms with Gasteiger partial charge in [-0.1, -0.05) is 23.8 Å². The van der Waals surface area contributed by atoms with Crippen molar-refractivity contribution in [1.29, 1.82) is 0 Å². The molecule has 4 aliphatic rings. The second kappa shape index (κ2) is 8.68. The lowest BCUT2D eigenvalue weighted by Crippen LogP contribution is -2.50. The van der Waals surface area contributed by atoms with E-state index in [0.29, 0.717) is 37.1 Å². The molecule has 1 unspecified atom stereocenters. The molecule has 36 heavy (non-hydrogen) atoms. The second-order valence-electron chi connectivity index (χ2n) is 9.85. The fourth-order valence-corrected chi connectivity index (χ4v) is 9.01. The van der Waals surface area contributed by atoms with Crippen LogP contribution in [0.4, 0.5) is 0 Å². The number of sulfonamides is 1. The summed E-state index contributed by atoms with van der Waals surface area (Å²) < 4.78 is 64.4. The van der Waals surface area contributed by atoms with E-state index in [2.05, 4.69) is 9.97 Å². The van der Waals surface area contributed by atoms with Gasteiger partial charge >= 0.3 is 0 Å². The molecule has 2 aromatic rings. The van der Waals surface area contributed by atoms with Gasteiger partial charge < -0.3 is 9.47 Å². The summed E-state index contributed by atoms with van der Waals surface area (Å²) in [5.74, 6) is 0.876. The zero-order valence-corrected chi connectivity index (χ0v) is 22.0. The minimum absolute atomic E-state index is 0.170. The topological polar surface area (TPSA) is 116 Å². The third kappa shape index (κ3) is 4.29. The Morgan fingerprint density at radius 3 is 2.19 bits per heavy atom. The zero-order valence-electron chi connectivity index (χ0n) is 19.6. The highest BCUT2D eigenvalue weighted by molar-refractivity contribution is 7.92. The number of hydrogen-bond donors (Lipinski definition) is 0. The highest BCUT2D eigenvalue weighted by Gasteiger charge is 2.50. The number of ether oxygens (including phenoxy) is 2. The summed E-state index contributed by atoms with van der Waals surface area (Å²) in [5, 5.41) is -0.391. The van der Waals surface area contributed by atoms with Crippen molar-refractivity contribution in [2.75, 3.05) is 0 Å². The number of sulfone groups is 1. The van der Waals surface area contributed by atoms with Crippen LogP contribution in [-0.2, 0) is 19.9 Å². The summed E-state index contributed by atoms with van der Waals surface area (Å²) >= 11 is 6.35. The minimum Gasteiger partial charge on any atom is -0.474 e. The van der Waals surface area contributed by atoms with Crippen molar-refractivity contribution in [3.05, 3.63) is 47.3 Å². The van der Waals surface area contributed by atoms with Crippen molar-refractivity contribution in [1.82, 2.24) is 14.3 Å². The Bertz CT molecular complexity index is 1440. The van der Waals surface area contributed by atoms with E-state index in [-0.39, 0.29) is 50.2 Å². The van der Waals surface area contributed by atoms with E-state index < -0.39 is 19.9 Å². The van der Waals surface area contributed by atoms with Gasteiger partial charge in [0.2, 0.25) is 21.8 Å². The normalized spacial score (nSPS) is 26.2. The maximum absolute atomic E-state index is 12.8. The van der Waals surface area contributed by atoms with Crippen molar-refractivity contribution in [2.45, 2.75) is 79.0 Å². The SMILES string of the molecule is Cc1c(Oc2ccc(S(=O)(=O)C3CC3)cc2Cl)ncnc1O[C@H]1CC2C=C[C@@H](C1)N2S(=O)(=O)C1CC1. The van der Waals surface area contributed by atoms with Crippen molar-refractivity contribution in [3.63, 3.8) is 0 Å². The molecule has 2 aliphatic carbocycles. The quantitative estimate of drug-likeness (QED) is 0.455. The van der Waals surface area contributed by atoms with Gasteiger partial charge in [0.05, 0.1) is 26.0 Å². The number of aromatic nitrogens is 2. The standard InChI is InChI=1S/C24H26ClN3O6S2/c1-14-23(33-17-10-15-2-3-16(11-17)28(15)36(31,32)19-6-7-19)26-13-27-24(14)34-22-9-8-20(12-21(22)25)35(29,30)18-4-5-18/h2-3,8-9,12-13,15-19H,4-7,10-11H2,1H3/t15-,16?,17+/m0/s1. The molecule has 192 valence electrons. The predicted octanol–water partition coefficient (Wildman–Crippen LogP) is 3.81. The van der Waals surface area contributed by atoms with E-state index in [9.17, 15) is 16.8 Å². The molecule has 0 amide bonds. The van der Waals surface area contributed by atoms with Crippen LogP contribution in [0.25, 0.3) is 0 Å². The zero-order chi connectivity index (χ0) is 25.2. The van der Waals surface area contributed by atoms with Gasteiger partial charge in [-0.25, -0.2) is 26.8 Å². The van der Waals surface area contributed by atoms with Gasteiger partial charge in [-0.3, -0.25) is 0 Å². The lowest BCUT2D eigenvalue weighted by Gasteiger charge is -2.38. The predicted molar refractivity (Wildman–Crippen MR) is 133 cm³/mol. The van der Waals surface area contributed by atoms with Gasteiger partial charge in [-0.2, -0.15) is 4.31 Å². The van der Waals surface area contributed by atoms with Crippen molar-refractivity contribution >= 4 is 31.5 Å². The third-order valence-corrected chi connectivity index (χ3v) is 12.1. The van der Waals surface area contributed by atoms with Crippen LogP contribution in [0.3, 0.4) is 0 Å². The molecule has 1 saturated heterocycles. The third-order valence-electron chi connectivity index (χ3n) is 7.13. The molecule has 2 bridgehead atoms. The fourth-order valence-electron chi connectivity index (χ4n) is 4.90. The van der Waals surface area contributed by atoms with Crippen molar-refractivity contribution in [3.8, 4) is 17.5 Å². The first-order valence-electron chi connectivity index (χ1n) is 12.0. The Balaban J connectivity index is 1.16. The van der Waals surface area contributed by atoms with E-state index in [1.54, 1.807) is 11.2 Å². The smallest absolute Gasteiger partial charge is 0.229 e. The summed E-state index contributed by atoms with van der Waals surface area (Å²) in [5.41, 5.74) is 0.566. The number of rotatable bonds is 8. The van der Waals surface area contributed by atoms with Crippen LogP contribution >= 0.6 is 11.6 Å². The molecule has 3 atom stereocenters. The summed E-state index contributed by atoms with van der Waals surface area (Å²) in [7, 11) is -6.63. The van der Waals surface area contributed by atoms with E-state index in [1.165, 1.54) is 24.5 Å². The molecule has 9 nitrogen and oxygen atoms in total. The summed E-state index contributed by atoms with van der Waals surface area (Å²) in [4.78, 5) is 8.65. The molecule has 2 saturated carbocycles. The number of hydrogen-bond acceptors (Lipinski definition) is 8. The largest absolute Gasteiger partial charge is 0.474 e. The van der Waals surface area contributed by atoms with Crippen LogP contribution in [-0.4, -0.2) is 59.8 Å². The first kappa shape index (κ1) is 24.1. The molecule has 3 fully saturated rings. The average Bonchev–Trinajstić information content (AvgIpc) is 3.73. The Hall–Kier alpha value is -2.21. The Labute approximate surface area is 215 Å². The minimum atomic E-state index is -3.36. The van der Waals surface area contributed by atoms with E-state index in [4.69, 9.17) is 21.1 Å². The summed E-state index contributed by atoms with van der Waals surface area (Å²) in [6.45, 7) is 1.77. The molecular weight excluding hydrogens is 526 g/mol. The number of benzene rings is 1. The maximum Gasteiger partial charge on any atom is 0.229 e.